The van der Waals surface area contributed by atoms with Crippen molar-refractivity contribution in [3.05, 3.63) is 12.2 Å². The fourth-order valence-electron chi connectivity index (χ4n) is 11.5. The van der Waals surface area contributed by atoms with Gasteiger partial charge in [-0.25, -0.2) is 0 Å². The van der Waals surface area contributed by atoms with E-state index in [4.69, 9.17) is 14.2 Å². The van der Waals surface area contributed by atoms with Crippen LogP contribution >= 0.6 is 0 Å². The summed E-state index contributed by atoms with van der Waals surface area (Å²) in [5.41, 5.74) is 0. The molecule has 0 radical (unpaired) electrons. The molecule has 0 aromatic rings. The zero-order valence-electron chi connectivity index (χ0n) is 54.6. The van der Waals surface area contributed by atoms with Gasteiger partial charge in [-0.1, -0.05) is 373 Å². The molecule has 0 saturated carbocycles. The van der Waals surface area contributed by atoms with Crippen molar-refractivity contribution >= 4 is 17.9 Å². The molecule has 0 amide bonds. The summed E-state index contributed by atoms with van der Waals surface area (Å²) in [7, 11) is 0. The first kappa shape index (κ1) is 78.1. The second kappa shape index (κ2) is 69.6. The van der Waals surface area contributed by atoms with Gasteiger partial charge in [-0.05, 0) is 44.9 Å². The summed E-state index contributed by atoms with van der Waals surface area (Å²) < 4.78 is 16.9. The van der Waals surface area contributed by atoms with Gasteiger partial charge in [0.1, 0.15) is 13.2 Å². The molecule has 0 fully saturated rings. The van der Waals surface area contributed by atoms with E-state index in [2.05, 4.69) is 32.9 Å². The van der Waals surface area contributed by atoms with Crippen molar-refractivity contribution < 1.29 is 28.6 Å². The Kier molecular flexibility index (Phi) is 68.0. The molecule has 0 N–H and O–H groups in total. The van der Waals surface area contributed by atoms with Crippen LogP contribution in [-0.4, -0.2) is 37.2 Å². The van der Waals surface area contributed by atoms with Crippen molar-refractivity contribution in [2.24, 2.45) is 0 Å². The van der Waals surface area contributed by atoms with E-state index < -0.39 is 6.10 Å². The van der Waals surface area contributed by atoms with Gasteiger partial charge in [0.2, 0.25) is 0 Å². The van der Waals surface area contributed by atoms with Gasteiger partial charge in [0.15, 0.2) is 6.10 Å². The van der Waals surface area contributed by atoms with Crippen molar-refractivity contribution in [3.8, 4) is 0 Å². The van der Waals surface area contributed by atoms with Gasteiger partial charge in [-0.15, -0.1) is 0 Å². The van der Waals surface area contributed by atoms with Gasteiger partial charge in [-0.3, -0.25) is 14.4 Å². The summed E-state index contributed by atoms with van der Waals surface area (Å²) >= 11 is 0. The molecule has 0 aliphatic rings. The SMILES string of the molecule is CCCCCCCC/C=C\CCCCCCCCCCCC(=O)OC(COC(=O)CCCCCCCCCCC)COC(=O)CCCCCCCCCCCCCCCCCCCCCCCCCCCCCCCCCCCC. The van der Waals surface area contributed by atoms with E-state index >= 15 is 0 Å². The number of allylic oxidation sites excluding steroid dienone is 2. The Morgan fingerprint density at radius 3 is 0.625 bits per heavy atom. The highest BCUT2D eigenvalue weighted by Gasteiger charge is 2.20. The second-order valence-electron chi connectivity index (χ2n) is 25.2. The number of hydrogen-bond donors (Lipinski definition) is 0. The molecule has 6 nitrogen and oxygen atoms in total. The maximum absolute atomic E-state index is 12.9. The van der Waals surface area contributed by atoms with Crippen LogP contribution in [-0.2, 0) is 28.6 Å². The molecule has 0 aromatic carbocycles. The largest absolute Gasteiger partial charge is 0.462 e. The number of rotatable bonds is 69. The standard InChI is InChI=1S/C74H142O6/c1-4-7-10-13-16-19-21-23-25-27-29-30-31-32-33-34-35-36-37-38-39-40-41-42-43-45-46-48-50-52-55-58-61-64-67-73(76)79-70-71(69-78-72(75)66-63-60-57-54-18-15-12-9-6-3)80-74(77)68-65-62-59-56-53-51-49-47-44-28-26-24-22-20-17-14-11-8-5-2/h24,26,71H,4-23,25,27-70H2,1-3H3/b26-24-. The minimum absolute atomic E-state index is 0.0645. The second-order valence-corrected chi connectivity index (χ2v) is 25.2. The molecule has 1 atom stereocenters. The van der Waals surface area contributed by atoms with Gasteiger partial charge >= 0.3 is 17.9 Å². The Morgan fingerprint density at radius 1 is 0.237 bits per heavy atom. The fourth-order valence-corrected chi connectivity index (χ4v) is 11.5. The van der Waals surface area contributed by atoms with Crippen molar-refractivity contribution in [1.29, 1.82) is 0 Å². The molecular formula is C74H142O6. The highest BCUT2D eigenvalue weighted by atomic mass is 16.6. The molecule has 0 heterocycles. The van der Waals surface area contributed by atoms with Crippen LogP contribution in [0.3, 0.4) is 0 Å². The lowest BCUT2D eigenvalue weighted by molar-refractivity contribution is -0.167. The minimum Gasteiger partial charge on any atom is -0.462 e. The van der Waals surface area contributed by atoms with Crippen LogP contribution in [0.2, 0.25) is 0 Å². The van der Waals surface area contributed by atoms with Crippen molar-refractivity contribution in [3.63, 3.8) is 0 Å². The van der Waals surface area contributed by atoms with Crippen LogP contribution in [0.1, 0.15) is 425 Å². The maximum atomic E-state index is 12.9. The van der Waals surface area contributed by atoms with Crippen LogP contribution in [0.25, 0.3) is 0 Å². The highest BCUT2D eigenvalue weighted by molar-refractivity contribution is 5.71. The summed E-state index contributed by atoms with van der Waals surface area (Å²) in [5.74, 6) is -0.838. The molecule has 474 valence electrons. The van der Waals surface area contributed by atoms with E-state index in [0.717, 1.165) is 57.8 Å². The Labute approximate surface area is 501 Å². The first-order valence-corrected chi connectivity index (χ1v) is 36.7. The average Bonchev–Trinajstić information content (AvgIpc) is 3.46. The maximum Gasteiger partial charge on any atom is 0.306 e. The molecule has 0 rings (SSSR count). The molecule has 0 aliphatic carbocycles. The lowest BCUT2D eigenvalue weighted by Gasteiger charge is -2.18. The molecule has 0 saturated heterocycles. The Balaban J connectivity index is 3.98. The molecule has 0 bridgehead atoms. The van der Waals surface area contributed by atoms with E-state index in [0.29, 0.717) is 19.3 Å². The number of carbonyl (C=O) groups is 3. The zero-order chi connectivity index (χ0) is 57.8. The molecule has 80 heavy (non-hydrogen) atoms. The summed E-state index contributed by atoms with van der Waals surface area (Å²) in [4.78, 5) is 38.3. The van der Waals surface area contributed by atoms with Crippen molar-refractivity contribution in [2.75, 3.05) is 13.2 Å². The minimum atomic E-state index is -0.766. The third-order valence-corrected chi connectivity index (χ3v) is 17.0. The molecule has 0 aromatic heterocycles. The van der Waals surface area contributed by atoms with E-state index in [1.54, 1.807) is 0 Å². The Bertz CT molecular complexity index is 1250. The smallest absolute Gasteiger partial charge is 0.306 e. The van der Waals surface area contributed by atoms with Crippen LogP contribution in [0.4, 0.5) is 0 Å². The van der Waals surface area contributed by atoms with Crippen LogP contribution in [0, 0.1) is 0 Å². The summed E-state index contributed by atoms with van der Waals surface area (Å²) in [6.45, 7) is 6.70. The predicted octanol–water partition coefficient (Wildman–Crippen LogP) is 25.2. The van der Waals surface area contributed by atoms with Crippen LogP contribution in [0.15, 0.2) is 12.2 Å². The monoisotopic (exact) mass is 1130 g/mol. The van der Waals surface area contributed by atoms with Gasteiger partial charge in [-0.2, -0.15) is 0 Å². The predicted molar refractivity (Wildman–Crippen MR) is 349 cm³/mol. The lowest BCUT2D eigenvalue weighted by atomic mass is 10.0. The van der Waals surface area contributed by atoms with Crippen molar-refractivity contribution in [2.45, 2.75) is 431 Å². The molecule has 1 unspecified atom stereocenters. The molecule has 0 aliphatic heterocycles. The Morgan fingerprint density at radius 2 is 0.412 bits per heavy atom. The van der Waals surface area contributed by atoms with E-state index in [9.17, 15) is 14.4 Å². The first-order chi connectivity index (χ1) is 39.5. The third kappa shape index (κ3) is 66.9. The van der Waals surface area contributed by atoms with Crippen molar-refractivity contribution in [1.82, 2.24) is 0 Å². The quantitative estimate of drug-likeness (QED) is 0.0261. The van der Waals surface area contributed by atoms with Gasteiger partial charge in [0, 0.05) is 19.3 Å². The average molecular weight is 1130 g/mol. The van der Waals surface area contributed by atoms with Gasteiger partial charge < -0.3 is 14.2 Å². The summed E-state index contributed by atoms with van der Waals surface area (Å²) in [5, 5.41) is 0. The van der Waals surface area contributed by atoms with Crippen LogP contribution in [0.5, 0.6) is 0 Å². The molecular weight excluding hydrogens is 985 g/mol. The lowest BCUT2D eigenvalue weighted by Crippen LogP contribution is -2.30. The first-order valence-electron chi connectivity index (χ1n) is 36.7. The summed E-state index contributed by atoms with van der Waals surface area (Å²) in [6, 6.07) is 0. The number of hydrogen-bond acceptors (Lipinski definition) is 6. The number of esters is 3. The van der Waals surface area contributed by atoms with Crippen LogP contribution < -0.4 is 0 Å². The number of carbonyl (C=O) groups excluding carboxylic acids is 3. The number of unbranched alkanes of at least 4 members (excludes halogenated alkanes) is 56. The third-order valence-electron chi connectivity index (χ3n) is 17.0. The van der Waals surface area contributed by atoms with Gasteiger partial charge in [0.25, 0.3) is 0 Å². The van der Waals surface area contributed by atoms with E-state index in [1.165, 1.54) is 327 Å². The molecule has 6 heteroatoms. The zero-order valence-corrected chi connectivity index (χ0v) is 54.6. The normalized spacial score (nSPS) is 12.0. The van der Waals surface area contributed by atoms with E-state index in [-0.39, 0.29) is 31.1 Å². The topological polar surface area (TPSA) is 78.9 Å². The Hall–Kier alpha value is -1.85. The van der Waals surface area contributed by atoms with E-state index in [1.807, 2.05) is 0 Å². The van der Waals surface area contributed by atoms with Gasteiger partial charge in [0.05, 0.1) is 0 Å². The summed E-state index contributed by atoms with van der Waals surface area (Å²) in [6.07, 6.45) is 84.3. The number of ether oxygens (including phenoxy) is 3. The molecule has 0 spiro atoms. The fraction of sp³-hybridized carbons (Fsp3) is 0.932. The highest BCUT2D eigenvalue weighted by Crippen LogP contribution is 2.19.